The van der Waals surface area contributed by atoms with Crippen LogP contribution in [-0.2, 0) is 16.1 Å². The molecule has 9 heteroatoms. The maximum Gasteiger partial charge on any atom is 0.410 e. The lowest BCUT2D eigenvalue weighted by Crippen LogP contribution is -2.35. The van der Waals surface area contributed by atoms with E-state index >= 15 is 0 Å². The highest BCUT2D eigenvalue weighted by atomic mass is 19.1. The Morgan fingerprint density at radius 1 is 1.21 bits per heavy atom. The van der Waals surface area contributed by atoms with E-state index in [0.29, 0.717) is 41.8 Å². The summed E-state index contributed by atoms with van der Waals surface area (Å²) in [5.41, 5.74) is 1.60. The Bertz CT molecular complexity index is 1030. The van der Waals surface area contributed by atoms with Gasteiger partial charge in [-0.1, -0.05) is 18.0 Å². The molecule has 184 valence electrons. The predicted octanol–water partition coefficient (Wildman–Crippen LogP) is 5.32. The Morgan fingerprint density at radius 3 is 2.68 bits per heavy atom. The second kappa shape index (κ2) is 10.4. The molecule has 2 saturated carbocycles. The summed E-state index contributed by atoms with van der Waals surface area (Å²) < 4.78 is 31.6. The molecule has 0 bridgehead atoms. The fraction of sp³-hybridized carbons (Fsp3) is 0.560. The van der Waals surface area contributed by atoms with E-state index in [1.807, 2.05) is 0 Å². The zero-order valence-electron chi connectivity index (χ0n) is 19.6. The van der Waals surface area contributed by atoms with Crippen molar-refractivity contribution in [3.05, 3.63) is 35.3 Å². The first-order valence-corrected chi connectivity index (χ1v) is 11.9. The number of aliphatic carboxylic acids is 1. The normalized spacial score (nSPS) is 20.8. The number of hydrogen-bond acceptors (Lipinski definition) is 6. The molecule has 4 rings (SSSR count). The van der Waals surface area contributed by atoms with Crippen LogP contribution in [0.3, 0.4) is 0 Å². The SMILES string of the molecule is Cc1noc(-c2ccc(O[C@H]3CCC[C@H](C(=O)O)C3)c(F)c2)c1COC(=O)N(C)C1CCCC1. The molecule has 2 atom stereocenters. The van der Waals surface area contributed by atoms with Gasteiger partial charge in [-0.15, -0.1) is 0 Å². The number of nitrogens with zero attached hydrogens (tertiary/aromatic N) is 2. The topological polar surface area (TPSA) is 102 Å². The van der Waals surface area contributed by atoms with Gasteiger partial charge in [0.15, 0.2) is 17.3 Å². The number of carboxylic acid groups (broad SMARTS) is 1. The molecule has 1 heterocycles. The van der Waals surface area contributed by atoms with Crippen LogP contribution in [0, 0.1) is 18.7 Å². The third-order valence-electron chi connectivity index (χ3n) is 6.95. The van der Waals surface area contributed by atoms with E-state index in [4.69, 9.17) is 14.0 Å². The molecule has 1 aromatic carbocycles. The number of carbonyl (C=O) groups is 2. The van der Waals surface area contributed by atoms with E-state index in [1.165, 1.54) is 12.1 Å². The Hall–Kier alpha value is -3.10. The first kappa shape index (κ1) is 24.0. The molecule has 2 aliphatic rings. The highest BCUT2D eigenvalue weighted by molar-refractivity contribution is 5.70. The van der Waals surface area contributed by atoms with Crippen molar-refractivity contribution in [3.63, 3.8) is 0 Å². The number of carboxylic acids is 1. The van der Waals surface area contributed by atoms with Crippen molar-refractivity contribution >= 4 is 12.1 Å². The molecule has 0 unspecified atom stereocenters. The fourth-order valence-electron chi connectivity index (χ4n) is 4.86. The summed E-state index contributed by atoms with van der Waals surface area (Å²) in [6.45, 7) is 1.71. The van der Waals surface area contributed by atoms with Gasteiger partial charge in [0.2, 0.25) is 0 Å². The molecule has 34 heavy (non-hydrogen) atoms. The van der Waals surface area contributed by atoms with Crippen LogP contribution >= 0.6 is 0 Å². The predicted molar refractivity (Wildman–Crippen MR) is 121 cm³/mol. The van der Waals surface area contributed by atoms with Crippen molar-refractivity contribution in [3.8, 4) is 17.1 Å². The smallest absolute Gasteiger partial charge is 0.410 e. The second-order valence-electron chi connectivity index (χ2n) is 9.27. The Kier molecular flexibility index (Phi) is 7.38. The van der Waals surface area contributed by atoms with E-state index in [0.717, 1.165) is 32.1 Å². The van der Waals surface area contributed by atoms with Crippen LogP contribution in [0.4, 0.5) is 9.18 Å². The number of aryl methyl sites for hydroxylation is 1. The minimum absolute atomic E-state index is 0.0287. The Balaban J connectivity index is 1.43. The third-order valence-corrected chi connectivity index (χ3v) is 6.95. The molecule has 2 aliphatic carbocycles. The standard InChI is InChI=1S/C25H31FN2O6/c1-15-20(14-32-25(31)28(2)18-7-3-4-8-18)23(34-27-15)16-10-11-22(21(26)13-16)33-19-9-5-6-17(12-19)24(29)30/h10-11,13,17-19H,3-9,12,14H2,1-2H3,(H,29,30)/t17-,19-/m0/s1. The van der Waals surface area contributed by atoms with E-state index in [9.17, 15) is 19.1 Å². The minimum atomic E-state index is -0.840. The van der Waals surface area contributed by atoms with Crippen LogP contribution in [0.15, 0.2) is 22.7 Å². The van der Waals surface area contributed by atoms with Gasteiger partial charge in [0.05, 0.1) is 23.3 Å². The van der Waals surface area contributed by atoms with Crippen molar-refractivity contribution in [1.29, 1.82) is 0 Å². The van der Waals surface area contributed by atoms with Gasteiger partial charge in [-0.2, -0.15) is 0 Å². The van der Waals surface area contributed by atoms with Crippen molar-refractivity contribution in [1.82, 2.24) is 10.1 Å². The van der Waals surface area contributed by atoms with Crippen LogP contribution in [0.25, 0.3) is 11.3 Å². The molecule has 0 radical (unpaired) electrons. The number of halogens is 1. The number of rotatable bonds is 7. The fourth-order valence-corrected chi connectivity index (χ4v) is 4.86. The first-order chi connectivity index (χ1) is 16.3. The van der Waals surface area contributed by atoms with E-state index < -0.39 is 23.8 Å². The summed E-state index contributed by atoms with van der Waals surface area (Å²) in [7, 11) is 1.75. The zero-order valence-corrected chi connectivity index (χ0v) is 19.6. The summed E-state index contributed by atoms with van der Waals surface area (Å²) in [6.07, 6.45) is 5.85. The summed E-state index contributed by atoms with van der Waals surface area (Å²) in [5.74, 6) is -1.47. The van der Waals surface area contributed by atoms with Gasteiger partial charge in [-0.3, -0.25) is 4.79 Å². The number of ether oxygens (including phenoxy) is 2. The van der Waals surface area contributed by atoms with Gasteiger partial charge in [-0.05, 0) is 63.6 Å². The van der Waals surface area contributed by atoms with Crippen LogP contribution in [0.1, 0.15) is 62.6 Å². The average molecular weight is 475 g/mol. The molecule has 2 fully saturated rings. The van der Waals surface area contributed by atoms with E-state index in [1.54, 1.807) is 24.9 Å². The average Bonchev–Trinajstić information content (AvgIpc) is 3.48. The molecule has 1 amide bonds. The van der Waals surface area contributed by atoms with Crippen molar-refractivity contribution in [2.45, 2.75) is 77.0 Å². The molecular weight excluding hydrogens is 443 g/mol. The summed E-state index contributed by atoms with van der Waals surface area (Å²) in [6, 6.07) is 4.66. The number of carbonyl (C=O) groups excluding carboxylic acids is 1. The molecule has 8 nitrogen and oxygen atoms in total. The maximum absolute atomic E-state index is 14.9. The number of hydrogen-bond donors (Lipinski definition) is 1. The lowest BCUT2D eigenvalue weighted by molar-refractivity contribution is -0.143. The number of aromatic nitrogens is 1. The lowest BCUT2D eigenvalue weighted by atomic mass is 9.87. The van der Waals surface area contributed by atoms with Crippen molar-refractivity contribution in [2.24, 2.45) is 5.92 Å². The molecular formula is C25H31FN2O6. The molecule has 2 aromatic rings. The van der Waals surface area contributed by atoms with E-state index in [-0.39, 0.29) is 24.5 Å². The van der Waals surface area contributed by atoms with E-state index in [2.05, 4.69) is 5.16 Å². The lowest BCUT2D eigenvalue weighted by Gasteiger charge is -2.27. The molecule has 0 aliphatic heterocycles. The number of benzene rings is 1. The third kappa shape index (κ3) is 5.34. The summed E-state index contributed by atoms with van der Waals surface area (Å²) in [4.78, 5) is 25.4. The molecule has 0 saturated heterocycles. The largest absolute Gasteiger partial charge is 0.487 e. The monoisotopic (exact) mass is 474 g/mol. The van der Waals surface area contributed by atoms with Gasteiger partial charge in [0, 0.05) is 18.7 Å². The summed E-state index contributed by atoms with van der Waals surface area (Å²) >= 11 is 0. The highest BCUT2D eigenvalue weighted by Crippen LogP contribution is 2.33. The van der Waals surface area contributed by atoms with Gasteiger partial charge in [0.25, 0.3) is 0 Å². The number of amides is 1. The van der Waals surface area contributed by atoms with Crippen molar-refractivity contribution in [2.75, 3.05) is 7.05 Å². The van der Waals surface area contributed by atoms with Crippen LogP contribution in [-0.4, -0.2) is 46.4 Å². The highest BCUT2D eigenvalue weighted by Gasteiger charge is 2.29. The second-order valence-corrected chi connectivity index (χ2v) is 9.27. The Labute approximate surface area is 198 Å². The molecule has 1 N–H and O–H groups in total. The Morgan fingerprint density at radius 2 is 1.97 bits per heavy atom. The van der Waals surface area contributed by atoms with Crippen LogP contribution in [0.2, 0.25) is 0 Å². The first-order valence-electron chi connectivity index (χ1n) is 11.9. The van der Waals surface area contributed by atoms with Gasteiger partial charge in [-0.25, -0.2) is 9.18 Å². The van der Waals surface area contributed by atoms with Gasteiger partial charge >= 0.3 is 12.1 Å². The van der Waals surface area contributed by atoms with Gasteiger partial charge in [0.1, 0.15) is 6.61 Å². The maximum atomic E-state index is 14.9. The molecule has 1 aromatic heterocycles. The molecule has 0 spiro atoms. The van der Waals surface area contributed by atoms with Crippen LogP contribution < -0.4 is 4.74 Å². The van der Waals surface area contributed by atoms with Gasteiger partial charge < -0.3 is 24.0 Å². The minimum Gasteiger partial charge on any atom is -0.487 e. The summed E-state index contributed by atoms with van der Waals surface area (Å²) in [5, 5.41) is 13.2. The quantitative estimate of drug-likeness (QED) is 0.579. The van der Waals surface area contributed by atoms with Crippen molar-refractivity contribution < 1.29 is 33.1 Å². The zero-order chi connectivity index (χ0) is 24.2. The van der Waals surface area contributed by atoms with Crippen LogP contribution in [0.5, 0.6) is 5.75 Å².